The third kappa shape index (κ3) is 3.84. The van der Waals surface area contributed by atoms with Crippen molar-refractivity contribution >= 4 is 17.8 Å². The van der Waals surface area contributed by atoms with Crippen molar-refractivity contribution in [2.24, 2.45) is 5.92 Å². The number of ether oxygens (including phenoxy) is 1. The first-order chi connectivity index (χ1) is 12.3. The van der Waals surface area contributed by atoms with Gasteiger partial charge in [-0.2, -0.15) is 0 Å². The smallest absolute Gasteiger partial charge is 0.306 e. The fourth-order valence-electron chi connectivity index (χ4n) is 3.55. The number of aliphatic carboxylic acids is 1. The van der Waals surface area contributed by atoms with Crippen molar-refractivity contribution in [3.63, 3.8) is 0 Å². The molecule has 2 amide bonds. The maximum Gasteiger partial charge on any atom is 0.306 e. The molecule has 8 heteroatoms. The molecule has 0 radical (unpaired) electrons. The van der Waals surface area contributed by atoms with Crippen LogP contribution < -0.4 is 10.1 Å². The van der Waals surface area contributed by atoms with Crippen LogP contribution in [0.2, 0.25) is 0 Å². The Bertz CT molecular complexity index is 720. The fraction of sp³-hybridized carbons (Fsp3) is 0.500. The van der Waals surface area contributed by atoms with Crippen molar-refractivity contribution in [3.8, 4) is 5.75 Å². The number of nitrogens with one attached hydrogen (secondary N) is 1. The van der Waals surface area contributed by atoms with Gasteiger partial charge in [0.05, 0.1) is 17.9 Å². The van der Waals surface area contributed by atoms with Crippen LogP contribution >= 0.6 is 0 Å². The van der Waals surface area contributed by atoms with E-state index in [1.165, 1.54) is 0 Å². The molecule has 1 aliphatic carbocycles. The first-order valence-electron chi connectivity index (χ1n) is 8.57. The maximum absolute atomic E-state index is 14.4. The second kappa shape index (κ2) is 7.39. The van der Waals surface area contributed by atoms with E-state index in [0.29, 0.717) is 25.7 Å². The number of amides is 2. The maximum atomic E-state index is 14.4. The Labute approximate surface area is 148 Å². The zero-order valence-corrected chi connectivity index (χ0v) is 14.0. The molecule has 26 heavy (non-hydrogen) atoms. The minimum Gasteiger partial charge on any atom is -0.490 e. The molecule has 1 atom stereocenters. The minimum atomic E-state index is -1.05. The summed E-state index contributed by atoms with van der Waals surface area (Å²) in [5.74, 6) is -5.24. The van der Waals surface area contributed by atoms with Gasteiger partial charge in [0.1, 0.15) is 17.4 Å². The summed E-state index contributed by atoms with van der Waals surface area (Å²) >= 11 is 0. The number of piperidine rings is 1. The lowest BCUT2D eigenvalue weighted by atomic mass is 9.87. The van der Waals surface area contributed by atoms with Gasteiger partial charge in [0.25, 0.3) is 0 Å². The van der Waals surface area contributed by atoms with Crippen LogP contribution in [0.4, 0.5) is 8.78 Å². The molecule has 6 nitrogen and oxygen atoms in total. The third-order valence-electron chi connectivity index (χ3n) is 4.97. The number of halogens is 2. The van der Waals surface area contributed by atoms with Gasteiger partial charge >= 0.3 is 5.97 Å². The molecule has 0 aromatic heterocycles. The van der Waals surface area contributed by atoms with Crippen molar-refractivity contribution in [2.75, 3.05) is 0 Å². The van der Waals surface area contributed by atoms with Gasteiger partial charge in [-0.05, 0) is 32.1 Å². The van der Waals surface area contributed by atoms with Gasteiger partial charge in [-0.1, -0.05) is 0 Å². The number of carboxylic acids is 1. The topological polar surface area (TPSA) is 92.7 Å². The predicted molar refractivity (Wildman–Crippen MR) is 85.5 cm³/mol. The van der Waals surface area contributed by atoms with Crippen LogP contribution in [-0.4, -0.2) is 29.0 Å². The molecule has 0 unspecified atom stereocenters. The van der Waals surface area contributed by atoms with Crippen LogP contribution in [0.15, 0.2) is 12.1 Å². The molecule has 1 saturated heterocycles. The lowest BCUT2D eigenvalue weighted by Gasteiger charge is -2.27. The molecule has 1 heterocycles. The fourth-order valence-corrected chi connectivity index (χ4v) is 3.55. The van der Waals surface area contributed by atoms with Crippen LogP contribution in [-0.2, 0) is 14.4 Å². The Balaban J connectivity index is 1.71. The highest BCUT2D eigenvalue weighted by Crippen LogP contribution is 2.33. The van der Waals surface area contributed by atoms with E-state index >= 15 is 0 Å². The Hall–Kier alpha value is -2.51. The average Bonchev–Trinajstić information content (AvgIpc) is 2.56. The molecule has 0 spiro atoms. The van der Waals surface area contributed by atoms with Crippen LogP contribution in [0.5, 0.6) is 5.75 Å². The molecular formula is C18H19F2NO5. The molecule has 2 fully saturated rings. The van der Waals surface area contributed by atoms with Crippen LogP contribution in [0.1, 0.15) is 50.0 Å². The van der Waals surface area contributed by atoms with Crippen LogP contribution in [0, 0.1) is 17.6 Å². The Morgan fingerprint density at radius 1 is 1.08 bits per heavy atom. The lowest BCUT2D eigenvalue weighted by molar-refractivity contribution is -0.143. The monoisotopic (exact) mass is 367 g/mol. The molecule has 2 N–H and O–H groups in total. The Morgan fingerprint density at radius 3 is 2.23 bits per heavy atom. The normalized spacial score (nSPS) is 26.3. The van der Waals surface area contributed by atoms with Crippen molar-refractivity contribution in [1.29, 1.82) is 0 Å². The van der Waals surface area contributed by atoms with Gasteiger partial charge in [-0.3, -0.25) is 19.7 Å². The molecule has 140 valence electrons. The molecule has 1 aromatic carbocycles. The predicted octanol–water partition coefficient (Wildman–Crippen LogP) is 2.51. The van der Waals surface area contributed by atoms with Gasteiger partial charge in [-0.15, -0.1) is 0 Å². The van der Waals surface area contributed by atoms with Gasteiger partial charge in [-0.25, -0.2) is 8.78 Å². The van der Waals surface area contributed by atoms with Gasteiger partial charge < -0.3 is 9.84 Å². The average molecular weight is 367 g/mol. The van der Waals surface area contributed by atoms with Crippen molar-refractivity contribution < 1.29 is 33.0 Å². The second-order valence-electron chi connectivity index (χ2n) is 6.73. The largest absolute Gasteiger partial charge is 0.490 e. The zero-order chi connectivity index (χ0) is 18.8. The van der Waals surface area contributed by atoms with Gasteiger partial charge in [0, 0.05) is 24.1 Å². The van der Waals surface area contributed by atoms with E-state index in [1.54, 1.807) is 0 Å². The summed E-state index contributed by atoms with van der Waals surface area (Å²) in [5.41, 5.74) is -0.364. The van der Waals surface area contributed by atoms with Crippen molar-refractivity contribution in [1.82, 2.24) is 5.32 Å². The standard InChI is InChI=1S/C18H19F2NO5/c19-13-7-11(26-10-3-1-9(2-4-10)18(24)25)8-14(20)16(13)12-5-6-15(22)21-17(12)23/h7-10,12H,1-6H2,(H,24,25)(H,21,22,23)/t9?,10?,12-/m1/s1. The summed E-state index contributed by atoms with van der Waals surface area (Å²) in [6.07, 6.45) is 1.69. The van der Waals surface area contributed by atoms with E-state index < -0.39 is 41.3 Å². The number of imide groups is 1. The molecule has 2 aliphatic rings. The second-order valence-corrected chi connectivity index (χ2v) is 6.73. The number of carbonyl (C=O) groups excluding carboxylic acids is 2. The molecule has 1 aliphatic heterocycles. The number of hydrogen-bond acceptors (Lipinski definition) is 4. The Kier molecular flexibility index (Phi) is 5.20. The SMILES string of the molecule is O=C1CC[C@H](c2c(F)cc(OC3CCC(C(=O)O)CC3)cc2F)C(=O)N1. The summed E-state index contributed by atoms with van der Waals surface area (Å²) in [6, 6.07) is 2.07. The summed E-state index contributed by atoms with van der Waals surface area (Å²) in [6.45, 7) is 0. The number of carbonyl (C=O) groups is 3. The molecular weight excluding hydrogens is 348 g/mol. The van der Waals surface area contributed by atoms with E-state index in [4.69, 9.17) is 9.84 Å². The van der Waals surface area contributed by atoms with E-state index in [-0.39, 0.29) is 30.3 Å². The van der Waals surface area contributed by atoms with E-state index in [9.17, 15) is 23.2 Å². The van der Waals surface area contributed by atoms with Gasteiger partial charge in [0.15, 0.2) is 0 Å². The van der Waals surface area contributed by atoms with E-state index in [1.807, 2.05) is 0 Å². The highest BCUT2D eigenvalue weighted by molar-refractivity contribution is 6.01. The van der Waals surface area contributed by atoms with E-state index in [2.05, 4.69) is 5.32 Å². The zero-order valence-electron chi connectivity index (χ0n) is 14.0. The van der Waals surface area contributed by atoms with Crippen molar-refractivity contribution in [3.05, 3.63) is 29.3 Å². The number of benzene rings is 1. The number of hydrogen-bond donors (Lipinski definition) is 2. The van der Waals surface area contributed by atoms with Crippen molar-refractivity contribution in [2.45, 2.75) is 50.5 Å². The summed E-state index contributed by atoms with van der Waals surface area (Å²) in [5, 5.41) is 11.1. The summed E-state index contributed by atoms with van der Waals surface area (Å²) in [7, 11) is 0. The number of carboxylic acid groups (broad SMARTS) is 1. The Morgan fingerprint density at radius 2 is 1.69 bits per heavy atom. The van der Waals surface area contributed by atoms with Crippen LogP contribution in [0.25, 0.3) is 0 Å². The molecule has 1 aromatic rings. The number of rotatable bonds is 4. The summed E-state index contributed by atoms with van der Waals surface area (Å²) in [4.78, 5) is 34.0. The first-order valence-corrected chi connectivity index (χ1v) is 8.57. The quantitative estimate of drug-likeness (QED) is 0.798. The highest BCUT2D eigenvalue weighted by atomic mass is 19.1. The molecule has 3 rings (SSSR count). The third-order valence-corrected chi connectivity index (χ3v) is 4.97. The lowest BCUT2D eigenvalue weighted by Crippen LogP contribution is -2.40. The van der Waals surface area contributed by atoms with Gasteiger partial charge in [0.2, 0.25) is 11.8 Å². The molecule has 0 bridgehead atoms. The molecule has 1 saturated carbocycles. The first kappa shape index (κ1) is 18.3. The van der Waals surface area contributed by atoms with E-state index in [0.717, 1.165) is 12.1 Å². The van der Waals surface area contributed by atoms with Crippen LogP contribution in [0.3, 0.4) is 0 Å². The highest BCUT2D eigenvalue weighted by Gasteiger charge is 2.33. The minimum absolute atomic E-state index is 0.00909. The summed E-state index contributed by atoms with van der Waals surface area (Å²) < 4.78 is 34.5.